The lowest BCUT2D eigenvalue weighted by atomic mass is 9.92. The summed E-state index contributed by atoms with van der Waals surface area (Å²) in [7, 11) is 0. The van der Waals surface area contributed by atoms with Crippen molar-refractivity contribution >= 4 is 27.5 Å². The predicted molar refractivity (Wildman–Crippen MR) is 76.5 cm³/mol. The van der Waals surface area contributed by atoms with Gasteiger partial charge in [0.05, 0.1) is 22.6 Å². The molecule has 20 heavy (non-hydrogen) atoms. The van der Waals surface area contributed by atoms with Crippen LogP contribution in [0.2, 0.25) is 0 Å². The number of carbonyl (C=O) groups is 1. The molecule has 108 valence electrons. The summed E-state index contributed by atoms with van der Waals surface area (Å²) < 4.78 is 0.370. The third-order valence-corrected chi connectivity index (χ3v) is 4.11. The molecule has 0 unspecified atom stereocenters. The third kappa shape index (κ3) is 3.34. The number of hydrogen-bond acceptors (Lipinski definition) is 4. The third-order valence-electron chi connectivity index (χ3n) is 3.45. The van der Waals surface area contributed by atoms with Crippen molar-refractivity contribution in [3.05, 3.63) is 38.3 Å². The number of nitro benzene ring substituents is 1. The first kappa shape index (κ1) is 14.9. The van der Waals surface area contributed by atoms with E-state index in [1.165, 1.54) is 18.2 Å². The lowest BCUT2D eigenvalue weighted by molar-refractivity contribution is -0.384. The summed E-state index contributed by atoms with van der Waals surface area (Å²) in [6.45, 7) is 0. The molecule has 2 N–H and O–H groups in total. The highest BCUT2D eigenvalue weighted by atomic mass is 79.9. The second-order valence-corrected chi connectivity index (χ2v) is 5.71. The number of nitrogens with zero attached hydrogens (tertiary/aromatic N) is 1. The number of nitro groups is 1. The van der Waals surface area contributed by atoms with Crippen LogP contribution in [-0.4, -0.2) is 28.1 Å². The van der Waals surface area contributed by atoms with E-state index >= 15 is 0 Å². The average Bonchev–Trinajstić information content (AvgIpc) is 2.41. The van der Waals surface area contributed by atoms with E-state index in [-0.39, 0.29) is 17.6 Å². The maximum Gasteiger partial charge on any atom is 0.270 e. The Kier molecular flexibility index (Phi) is 4.72. The fourth-order valence-corrected chi connectivity index (χ4v) is 2.87. The van der Waals surface area contributed by atoms with Crippen molar-refractivity contribution in [2.45, 2.75) is 37.8 Å². The van der Waals surface area contributed by atoms with Gasteiger partial charge in [-0.25, -0.2) is 0 Å². The Balaban J connectivity index is 2.11. The zero-order valence-electron chi connectivity index (χ0n) is 10.7. The Labute approximate surface area is 124 Å². The maximum absolute atomic E-state index is 12.1. The molecule has 6 nitrogen and oxygen atoms in total. The summed E-state index contributed by atoms with van der Waals surface area (Å²) in [4.78, 5) is 22.3. The quantitative estimate of drug-likeness (QED) is 0.651. The zero-order valence-corrected chi connectivity index (χ0v) is 12.3. The van der Waals surface area contributed by atoms with Crippen LogP contribution < -0.4 is 5.32 Å². The summed E-state index contributed by atoms with van der Waals surface area (Å²) in [5.41, 5.74) is 0.250. The van der Waals surface area contributed by atoms with Crippen molar-refractivity contribution in [1.82, 2.24) is 5.32 Å². The highest BCUT2D eigenvalue weighted by Crippen LogP contribution is 2.24. The molecule has 1 saturated carbocycles. The lowest BCUT2D eigenvalue weighted by Crippen LogP contribution is -2.45. The molecule has 1 fully saturated rings. The van der Waals surface area contributed by atoms with Crippen LogP contribution in [0.4, 0.5) is 5.69 Å². The van der Waals surface area contributed by atoms with Gasteiger partial charge in [-0.2, -0.15) is 0 Å². The first-order valence-corrected chi connectivity index (χ1v) is 7.21. The molecule has 0 spiro atoms. The summed E-state index contributed by atoms with van der Waals surface area (Å²) in [6, 6.07) is 3.74. The van der Waals surface area contributed by atoms with E-state index in [2.05, 4.69) is 21.2 Å². The van der Waals surface area contributed by atoms with Gasteiger partial charge in [0.1, 0.15) is 0 Å². The number of hydrogen-bond donors (Lipinski definition) is 2. The summed E-state index contributed by atoms with van der Waals surface area (Å²) in [5, 5.41) is 23.3. The number of nitrogens with one attached hydrogen (secondary N) is 1. The van der Waals surface area contributed by atoms with E-state index < -0.39 is 11.0 Å². The van der Waals surface area contributed by atoms with Crippen LogP contribution in [0.15, 0.2) is 22.7 Å². The van der Waals surface area contributed by atoms with Crippen LogP contribution in [0, 0.1) is 10.1 Å². The average molecular weight is 343 g/mol. The first-order chi connectivity index (χ1) is 9.49. The summed E-state index contributed by atoms with van der Waals surface area (Å²) in [6.07, 6.45) is 2.85. The molecule has 0 aliphatic heterocycles. The van der Waals surface area contributed by atoms with E-state index in [1.807, 2.05) is 0 Å². The highest BCUT2D eigenvalue weighted by Gasteiger charge is 2.25. The largest absolute Gasteiger partial charge is 0.391 e. The molecule has 1 amide bonds. The molecule has 1 aromatic rings. The minimum Gasteiger partial charge on any atom is -0.391 e. The molecule has 1 aliphatic carbocycles. The molecule has 0 heterocycles. The molecule has 0 bridgehead atoms. The van der Waals surface area contributed by atoms with E-state index in [9.17, 15) is 20.0 Å². The highest BCUT2D eigenvalue weighted by molar-refractivity contribution is 9.10. The second kappa shape index (κ2) is 6.32. The monoisotopic (exact) mass is 342 g/mol. The SMILES string of the molecule is O=C(N[C@@H]1CCCC[C@H]1O)c1ccc([N+](=O)[O-])cc1Br. The molecular formula is C13H15BrN2O4. The Morgan fingerprint density at radius 1 is 1.40 bits per heavy atom. The Morgan fingerprint density at radius 3 is 2.70 bits per heavy atom. The van der Waals surface area contributed by atoms with Crippen molar-refractivity contribution in [1.29, 1.82) is 0 Å². The summed E-state index contributed by atoms with van der Waals surface area (Å²) in [5.74, 6) is -0.335. The van der Waals surface area contributed by atoms with Crippen molar-refractivity contribution in [3.8, 4) is 0 Å². The predicted octanol–water partition coefficient (Wildman–Crippen LogP) is 2.39. The molecule has 2 rings (SSSR count). The van der Waals surface area contributed by atoms with Gasteiger partial charge in [-0.05, 0) is 34.8 Å². The number of aliphatic hydroxyl groups is 1. The second-order valence-electron chi connectivity index (χ2n) is 4.85. The van der Waals surface area contributed by atoms with Crippen LogP contribution in [0.25, 0.3) is 0 Å². The standard InChI is InChI=1S/C13H15BrN2O4/c14-10-7-8(16(19)20)5-6-9(10)13(18)15-11-3-1-2-4-12(11)17/h5-7,11-12,17H,1-4H2,(H,15,18)/t11-,12-/m1/s1. The molecule has 7 heteroatoms. The van der Waals surface area contributed by atoms with Gasteiger partial charge in [0.25, 0.3) is 11.6 Å². The van der Waals surface area contributed by atoms with E-state index in [0.717, 1.165) is 19.3 Å². The van der Waals surface area contributed by atoms with Crippen LogP contribution in [-0.2, 0) is 0 Å². The number of rotatable bonds is 3. The number of non-ortho nitro benzene ring substituents is 1. The zero-order chi connectivity index (χ0) is 14.7. The van der Waals surface area contributed by atoms with Crippen molar-refractivity contribution in [2.75, 3.05) is 0 Å². The molecule has 1 aromatic carbocycles. The van der Waals surface area contributed by atoms with Gasteiger partial charge in [-0.1, -0.05) is 12.8 Å². The lowest BCUT2D eigenvalue weighted by Gasteiger charge is -2.28. The van der Waals surface area contributed by atoms with Gasteiger partial charge >= 0.3 is 0 Å². The van der Waals surface area contributed by atoms with Crippen LogP contribution in [0.5, 0.6) is 0 Å². The van der Waals surface area contributed by atoms with Gasteiger partial charge in [-0.15, -0.1) is 0 Å². The molecular weight excluding hydrogens is 328 g/mol. The molecule has 0 radical (unpaired) electrons. The van der Waals surface area contributed by atoms with Crippen LogP contribution >= 0.6 is 15.9 Å². The maximum atomic E-state index is 12.1. The molecule has 0 saturated heterocycles. The molecule has 1 aliphatic rings. The van der Waals surface area contributed by atoms with Crippen molar-refractivity contribution in [2.24, 2.45) is 0 Å². The minimum atomic E-state index is -0.524. The normalized spacial score (nSPS) is 22.3. The van der Waals surface area contributed by atoms with E-state index in [0.29, 0.717) is 16.5 Å². The number of amides is 1. The smallest absolute Gasteiger partial charge is 0.270 e. The topological polar surface area (TPSA) is 92.5 Å². The van der Waals surface area contributed by atoms with Gasteiger partial charge < -0.3 is 10.4 Å². The van der Waals surface area contributed by atoms with Crippen molar-refractivity contribution in [3.63, 3.8) is 0 Å². The number of benzene rings is 1. The fourth-order valence-electron chi connectivity index (χ4n) is 2.33. The fraction of sp³-hybridized carbons (Fsp3) is 0.462. The Hall–Kier alpha value is -1.47. The van der Waals surface area contributed by atoms with E-state index in [4.69, 9.17) is 0 Å². The van der Waals surface area contributed by atoms with Crippen molar-refractivity contribution < 1.29 is 14.8 Å². The van der Waals surface area contributed by atoms with Gasteiger partial charge in [0, 0.05) is 16.6 Å². The molecule has 2 atom stereocenters. The number of aliphatic hydroxyl groups excluding tert-OH is 1. The Bertz CT molecular complexity index is 535. The van der Waals surface area contributed by atoms with Gasteiger partial charge in [0.15, 0.2) is 0 Å². The van der Waals surface area contributed by atoms with Gasteiger partial charge in [-0.3, -0.25) is 14.9 Å². The number of carbonyl (C=O) groups excluding carboxylic acids is 1. The van der Waals surface area contributed by atoms with Crippen LogP contribution in [0.1, 0.15) is 36.0 Å². The number of halogens is 1. The summed E-state index contributed by atoms with van der Waals surface area (Å²) >= 11 is 3.17. The first-order valence-electron chi connectivity index (χ1n) is 6.42. The van der Waals surface area contributed by atoms with E-state index in [1.54, 1.807) is 0 Å². The Morgan fingerprint density at radius 2 is 2.10 bits per heavy atom. The van der Waals surface area contributed by atoms with Gasteiger partial charge in [0.2, 0.25) is 0 Å². The minimum absolute atomic E-state index is 0.0777. The van der Waals surface area contributed by atoms with Crippen LogP contribution in [0.3, 0.4) is 0 Å². The molecule has 0 aromatic heterocycles.